The van der Waals surface area contributed by atoms with Crippen molar-refractivity contribution in [2.45, 2.75) is 40.0 Å². The molecule has 2 N–H and O–H groups in total. The zero-order chi connectivity index (χ0) is 14.4. The molecular weight excluding hydrogens is 242 g/mol. The fraction of sp³-hybridized carbons (Fsp3) is 0.467. The molecule has 0 saturated heterocycles. The van der Waals surface area contributed by atoms with Crippen molar-refractivity contribution in [3.63, 3.8) is 0 Å². The predicted molar refractivity (Wildman–Crippen MR) is 74.5 cm³/mol. The SMILES string of the molecule is CC(=O)CCCCOc1c(C)cc(C(N)=O)cc1C. The first kappa shape index (κ1) is 15.2. The number of nitrogens with two attached hydrogens (primary N) is 1. The summed E-state index contributed by atoms with van der Waals surface area (Å²) in [5, 5.41) is 0. The molecule has 0 saturated carbocycles. The number of hydrogen-bond donors (Lipinski definition) is 1. The van der Waals surface area contributed by atoms with Crippen molar-refractivity contribution < 1.29 is 14.3 Å². The molecule has 1 rings (SSSR count). The number of amides is 1. The molecule has 0 aromatic heterocycles. The first-order valence-electron chi connectivity index (χ1n) is 6.45. The zero-order valence-corrected chi connectivity index (χ0v) is 11.8. The lowest BCUT2D eigenvalue weighted by Crippen LogP contribution is -2.12. The number of ether oxygens (including phenoxy) is 1. The number of unbranched alkanes of at least 4 members (excludes halogenated alkanes) is 1. The lowest BCUT2D eigenvalue weighted by atomic mass is 10.1. The minimum absolute atomic E-state index is 0.207. The van der Waals surface area contributed by atoms with Gasteiger partial charge in [0.2, 0.25) is 5.91 Å². The highest BCUT2D eigenvalue weighted by Crippen LogP contribution is 2.25. The maximum atomic E-state index is 11.1. The van der Waals surface area contributed by atoms with Crippen molar-refractivity contribution >= 4 is 11.7 Å². The van der Waals surface area contributed by atoms with E-state index < -0.39 is 5.91 Å². The molecule has 0 bridgehead atoms. The fourth-order valence-electron chi connectivity index (χ4n) is 1.97. The van der Waals surface area contributed by atoms with E-state index in [9.17, 15) is 9.59 Å². The Labute approximate surface area is 113 Å². The first-order chi connectivity index (χ1) is 8.91. The van der Waals surface area contributed by atoms with Gasteiger partial charge in [0.25, 0.3) is 0 Å². The van der Waals surface area contributed by atoms with Crippen LogP contribution in [0, 0.1) is 13.8 Å². The summed E-state index contributed by atoms with van der Waals surface area (Å²) in [6, 6.07) is 3.47. The van der Waals surface area contributed by atoms with E-state index in [2.05, 4.69) is 0 Å². The number of ketones is 1. The molecule has 0 radical (unpaired) electrons. The molecule has 0 aliphatic heterocycles. The highest BCUT2D eigenvalue weighted by Gasteiger charge is 2.09. The van der Waals surface area contributed by atoms with E-state index in [0.717, 1.165) is 29.7 Å². The van der Waals surface area contributed by atoms with E-state index in [1.165, 1.54) is 0 Å². The standard InChI is InChI=1S/C15H21NO3/c1-10-8-13(15(16)18)9-11(2)14(10)19-7-5-4-6-12(3)17/h8-9H,4-7H2,1-3H3,(H2,16,18). The number of primary amides is 1. The minimum atomic E-state index is -0.431. The van der Waals surface area contributed by atoms with E-state index in [1.807, 2.05) is 13.8 Å². The monoisotopic (exact) mass is 263 g/mol. The topological polar surface area (TPSA) is 69.4 Å². The van der Waals surface area contributed by atoms with Crippen LogP contribution in [-0.2, 0) is 4.79 Å². The molecule has 0 heterocycles. The lowest BCUT2D eigenvalue weighted by molar-refractivity contribution is -0.117. The Morgan fingerprint density at radius 1 is 1.16 bits per heavy atom. The van der Waals surface area contributed by atoms with Crippen molar-refractivity contribution in [3.8, 4) is 5.75 Å². The van der Waals surface area contributed by atoms with Crippen LogP contribution < -0.4 is 10.5 Å². The Morgan fingerprint density at radius 3 is 2.21 bits per heavy atom. The minimum Gasteiger partial charge on any atom is -0.493 e. The lowest BCUT2D eigenvalue weighted by Gasteiger charge is -2.13. The molecule has 1 aromatic rings. The van der Waals surface area contributed by atoms with Gasteiger partial charge in [-0.05, 0) is 56.9 Å². The van der Waals surface area contributed by atoms with Gasteiger partial charge in [-0.2, -0.15) is 0 Å². The Balaban J connectivity index is 2.59. The highest BCUT2D eigenvalue weighted by molar-refractivity contribution is 5.93. The molecular formula is C15H21NO3. The number of carbonyl (C=O) groups is 2. The number of rotatable bonds is 7. The largest absolute Gasteiger partial charge is 0.493 e. The van der Waals surface area contributed by atoms with Gasteiger partial charge in [-0.15, -0.1) is 0 Å². The van der Waals surface area contributed by atoms with Gasteiger partial charge in [-0.1, -0.05) is 0 Å². The summed E-state index contributed by atoms with van der Waals surface area (Å²) in [7, 11) is 0. The maximum Gasteiger partial charge on any atom is 0.248 e. The van der Waals surface area contributed by atoms with Gasteiger partial charge >= 0.3 is 0 Å². The Morgan fingerprint density at radius 2 is 1.74 bits per heavy atom. The summed E-state index contributed by atoms with van der Waals surface area (Å²) in [5.41, 5.74) is 7.56. The third-order valence-electron chi connectivity index (χ3n) is 2.91. The zero-order valence-electron chi connectivity index (χ0n) is 11.8. The van der Waals surface area contributed by atoms with Crippen LogP contribution in [-0.4, -0.2) is 18.3 Å². The smallest absolute Gasteiger partial charge is 0.248 e. The third kappa shape index (κ3) is 4.73. The molecule has 0 unspecified atom stereocenters. The van der Waals surface area contributed by atoms with Crippen LogP contribution in [0.2, 0.25) is 0 Å². The average Bonchev–Trinajstić information content (AvgIpc) is 2.30. The molecule has 4 heteroatoms. The second-order valence-electron chi connectivity index (χ2n) is 4.81. The van der Waals surface area contributed by atoms with Crippen LogP contribution in [0.15, 0.2) is 12.1 Å². The second kappa shape index (κ2) is 6.92. The fourth-order valence-corrected chi connectivity index (χ4v) is 1.97. The molecule has 19 heavy (non-hydrogen) atoms. The van der Waals surface area contributed by atoms with Gasteiger partial charge in [-0.25, -0.2) is 0 Å². The summed E-state index contributed by atoms with van der Waals surface area (Å²) in [4.78, 5) is 21.9. The van der Waals surface area contributed by atoms with Crippen molar-refractivity contribution in [3.05, 3.63) is 28.8 Å². The summed E-state index contributed by atoms with van der Waals surface area (Å²) >= 11 is 0. The molecule has 1 amide bonds. The quantitative estimate of drug-likeness (QED) is 0.768. The van der Waals surface area contributed by atoms with Gasteiger partial charge in [0, 0.05) is 12.0 Å². The van der Waals surface area contributed by atoms with Crippen LogP contribution in [0.25, 0.3) is 0 Å². The molecule has 0 spiro atoms. The average molecular weight is 263 g/mol. The summed E-state index contributed by atoms with van der Waals surface area (Å²) in [6.45, 7) is 5.96. The number of carbonyl (C=O) groups excluding carboxylic acids is 2. The number of benzene rings is 1. The highest BCUT2D eigenvalue weighted by atomic mass is 16.5. The number of hydrogen-bond acceptors (Lipinski definition) is 3. The van der Waals surface area contributed by atoms with E-state index >= 15 is 0 Å². The van der Waals surface area contributed by atoms with Crippen molar-refractivity contribution in [1.82, 2.24) is 0 Å². The van der Waals surface area contributed by atoms with Crippen LogP contribution >= 0.6 is 0 Å². The van der Waals surface area contributed by atoms with Crippen LogP contribution in [0.5, 0.6) is 5.75 Å². The van der Waals surface area contributed by atoms with E-state index in [1.54, 1.807) is 19.1 Å². The molecule has 0 aliphatic carbocycles. The van der Waals surface area contributed by atoms with E-state index in [-0.39, 0.29) is 5.78 Å². The molecule has 0 aliphatic rings. The van der Waals surface area contributed by atoms with E-state index in [4.69, 9.17) is 10.5 Å². The van der Waals surface area contributed by atoms with Crippen molar-refractivity contribution in [1.29, 1.82) is 0 Å². The van der Waals surface area contributed by atoms with Crippen molar-refractivity contribution in [2.24, 2.45) is 5.73 Å². The van der Waals surface area contributed by atoms with Crippen LogP contribution in [0.3, 0.4) is 0 Å². The number of Topliss-reactive ketones (excluding diaryl/α,β-unsaturated/α-hetero) is 1. The van der Waals surface area contributed by atoms with Gasteiger partial charge in [-0.3, -0.25) is 4.79 Å². The van der Waals surface area contributed by atoms with Crippen LogP contribution in [0.1, 0.15) is 47.7 Å². The van der Waals surface area contributed by atoms with E-state index in [0.29, 0.717) is 18.6 Å². The molecule has 1 aromatic carbocycles. The Bertz CT molecular complexity index is 457. The van der Waals surface area contributed by atoms with Gasteiger partial charge in [0.15, 0.2) is 0 Å². The first-order valence-corrected chi connectivity index (χ1v) is 6.45. The summed E-state index contributed by atoms with van der Waals surface area (Å²) in [5.74, 6) is 0.574. The van der Waals surface area contributed by atoms with Crippen LogP contribution in [0.4, 0.5) is 0 Å². The Kier molecular flexibility index (Phi) is 5.55. The second-order valence-corrected chi connectivity index (χ2v) is 4.81. The third-order valence-corrected chi connectivity index (χ3v) is 2.91. The van der Waals surface area contributed by atoms with Gasteiger partial charge < -0.3 is 15.3 Å². The molecule has 4 nitrogen and oxygen atoms in total. The predicted octanol–water partition coefficient (Wildman–Crippen LogP) is 2.54. The summed E-state index contributed by atoms with van der Waals surface area (Å²) in [6.07, 6.45) is 2.28. The van der Waals surface area contributed by atoms with Crippen molar-refractivity contribution in [2.75, 3.05) is 6.61 Å². The normalized spacial score (nSPS) is 10.3. The number of aryl methyl sites for hydroxylation is 2. The summed E-state index contributed by atoms with van der Waals surface area (Å²) < 4.78 is 5.72. The van der Waals surface area contributed by atoms with Gasteiger partial charge in [0.1, 0.15) is 11.5 Å². The Hall–Kier alpha value is -1.84. The molecule has 104 valence electrons. The maximum absolute atomic E-state index is 11.1. The molecule has 0 atom stereocenters. The molecule has 0 fully saturated rings. The van der Waals surface area contributed by atoms with Gasteiger partial charge in [0.05, 0.1) is 6.61 Å².